The van der Waals surface area contributed by atoms with E-state index >= 15 is 0 Å². The topological polar surface area (TPSA) is 63.6 Å². The molecule has 5 heteroatoms. The molecule has 0 fully saturated rings. The van der Waals surface area contributed by atoms with Gasteiger partial charge < -0.3 is 5.11 Å². The Labute approximate surface area is 80.0 Å². The maximum Gasteiger partial charge on any atom is 0.270 e. The lowest BCUT2D eigenvalue weighted by Gasteiger charge is -2.23. The zero-order chi connectivity index (χ0) is 10.5. The van der Waals surface area contributed by atoms with Crippen molar-refractivity contribution in [2.75, 3.05) is 12.4 Å². The van der Waals surface area contributed by atoms with Gasteiger partial charge in [0.15, 0.2) is 0 Å². The molecule has 0 unspecified atom stereocenters. The molecule has 13 heavy (non-hydrogen) atoms. The van der Waals surface area contributed by atoms with Crippen LogP contribution in [-0.2, 0) is 14.3 Å². The fraction of sp³-hybridized carbons (Fsp3) is 1.00. The van der Waals surface area contributed by atoms with E-state index in [0.717, 1.165) is 0 Å². The van der Waals surface area contributed by atoms with Gasteiger partial charge in [0.25, 0.3) is 10.1 Å². The van der Waals surface area contributed by atoms with Crippen LogP contribution in [0.1, 0.15) is 33.6 Å². The summed E-state index contributed by atoms with van der Waals surface area (Å²) < 4.78 is 26.9. The summed E-state index contributed by atoms with van der Waals surface area (Å²) in [5.41, 5.74) is -1.14. The Morgan fingerprint density at radius 2 is 1.69 bits per heavy atom. The third-order valence-electron chi connectivity index (χ3n) is 2.06. The normalized spacial score (nSPS) is 13.2. The van der Waals surface area contributed by atoms with Crippen molar-refractivity contribution in [2.45, 2.75) is 39.2 Å². The SMILES string of the molecule is CCOS(=O)(=O)CC(O)(CC)CC. The monoisotopic (exact) mass is 210 g/mol. The Morgan fingerprint density at radius 1 is 1.23 bits per heavy atom. The lowest BCUT2D eigenvalue weighted by atomic mass is 10.0. The fourth-order valence-corrected chi connectivity index (χ4v) is 2.51. The Morgan fingerprint density at radius 3 is 2.00 bits per heavy atom. The molecule has 80 valence electrons. The number of aliphatic hydroxyl groups is 1. The van der Waals surface area contributed by atoms with Crippen molar-refractivity contribution in [1.29, 1.82) is 0 Å². The quantitative estimate of drug-likeness (QED) is 0.662. The van der Waals surface area contributed by atoms with E-state index < -0.39 is 15.7 Å². The van der Waals surface area contributed by atoms with Gasteiger partial charge in [-0.2, -0.15) is 8.42 Å². The number of hydrogen-bond donors (Lipinski definition) is 1. The molecule has 0 aliphatic heterocycles. The van der Waals surface area contributed by atoms with Crippen LogP contribution in [0.4, 0.5) is 0 Å². The van der Waals surface area contributed by atoms with Crippen molar-refractivity contribution in [3.05, 3.63) is 0 Å². The molecule has 1 N–H and O–H groups in total. The second-order valence-corrected chi connectivity index (χ2v) is 4.68. The second-order valence-electron chi connectivity index (χ2n) is 3.04. The second kappa shape index (κ2) is 4.93. The maximum atomic E-state index is 11.2. The molecule has 4 nitrogen and oxygen atoms in total. The molecule has 0 atom stereocenters. The summed E-state index contributed by atoms with van der Waals surface area (Å²) in [6.45, 7) is 5.23. The highest BCUT2D eigenvalue weighted by atomic mass is 32.2. The summed E-state index contributed by atoms with van der Waals surface area (Å²) in [7, 11) is -3.56. The minimum Gasteiger partial charge on any atom is -0.389 e. The molecular weight excluding hydrogens is 192 g/mol. The van der Waals surface area contributed by atoms with Crippen LogP contribution >= 0.6 is 0 Å². The molecule has 0 amide bonds. The predicted molar refractivity (Wildman–Crippen MR) is 50.9 cm³/mol. The predicted octanol–water partition coefficient (Wildman–Crippen LogP) is 0.904. The number of rotatable bonds is 6. The van der Waals surface area contributed by atoms with E-state index in [-0.39, 0.29) is 12.4 Å². The van der Waals surface area contributed by atoms with Gasteiger partial charge in [0.1, 0.15) is 5.75 Å². The number of hydrogen-bond acceptors (Lipinski definition) is 4. The van der Waals surface area contributed by atoms with Crippen LogP contribution in [0.2, 0.25) is 0 Å². The molecule has 0 aromatic rings. The highest BCUT2D eigenvalue weighted by Gasteiger charge is 2.29. The molecule has 0 aromatic carbocycles. The highest BCUT2D eigenvalue weighted by molar-refractivity contribution is 7.86. The molecule has 0 aromatic heterocycles. The molecule has 0 radical (unpaired) electrons. The van der Waals surface area contributed by atoms with Gasteiger partial charge in [-0.1, -0.05) is 13.8 Å². The van der Waals surface area contributed by atoms with Gasteiger partial charge in [0.2, 0.25) is 0 Å². The smallest absolute Gasteiger partial charge is 0.270 e. The highest BCUT2D eigenvalue weighted by Crippen LogP contribution is 2.17. The minimum absolute atomic E-state index is 0.117. The van der Waals surface area contributed by atoms with E-state index in [1.165, 1.54) is 0 Å². The average molecular weight is 210 g/mol. The molecule has 0 heterocycles. The zero-order valence-corrected chi connectivity index (χ0v) is 9.23. The van der Waals surface area contributed by atoms with E-state index in [1.807, 2.05) is 0 Å². The van der Waals surface area contributed by atoms with E-state index in [2.05, 4.69) is 4.18 Å². The van der Waals surface area contributed by atoms with E-state index in [4.69, 9.17) is 0 Å². The van der Waals surface area contributed by atoms with Crippen LogP contribution in [-0.4, -0.2) is 31.5 Å². The third kappa shape index (κ3) is 4.59. The van der Waals surface area contributed by atoms with Crippen molar-refractivity contribution >= 4 is 10.1 Å². The summed E-state index contributed by atoms with van der Waals surface area (Å²) in [4.78, 5) is 0. The van der Waals surface area contributed by atoms with E-state index in [1.54, 1.807) is 20.8 Å². The molecular formula is C8H18O4S. The van der Waals surface area contributed by atoms with Crippen LogP contribution in [0.5, 0.6) is 0 Å². The van der Waals surface area contributed by atoms with Crippen LogP contribution < -0.4 is 0 Å². The van der Waals surface area contributed by atoms with Gasteiger partial charge in [-0.3, -0.25) is 4.18 Å². The minimum atomic E-state index is -3.56. The zero-order valence-electron chi connectivity index (χ0n) is 8.41. The largest absolute Gasteiger partial charge is 0.389 e. The summed E-state index contributed by atoms with van der Waals surface area (Å²) in [5, 5.41) is 9.73. The first kappa shape index (κ1) is 12.9. The molecule has 0 spiro atoms. The summed E-state index contributed by atoms with van der Waals surface area (Å²) in [6.07, 6.45) is 0.825. The molecule has 0 bridgehead atoms. The summed E-state index contributed by atoms with van der Waals surface area (Å²) in [6, 6.07) is 0. The molecule has 0 saturated heterocycles. The van der Waals surface area contributed by atoms with Crippen LogP contribution in [0.3, 0.4) is 0 Å². The van der Waals surface area contributed by atoms with Gasteiger partial charge >= 0.3 is 0 Å². The van der Waals surface area contributed by atoms with Gasteiger partial charge in [-0.25, -0.2) is 0 Å². The molecule has 0 saturated carbocycles. The van der Waals surface area contributed by atoms with Crippen LogP contribution in [0.25, 0.3) is 0 Å². The van der Waals surface area contributed by atoms with Gasteiger partial charge in [0, 0.05) is 0 Å². The van der Waals surface area contributed by atoms with Gasteiger partial charge in [0.05, 0.1) is 12.2 Å². The Hall–Kier alpha value is -0.130. The lowest BCUT2D eigenvalue weighted by Crippen LogP contribution is -2.36. The van der Waals surface area contributed by atoms with Gasteiger partial charge in [-0.15, -0.1) is 0 Å². The van der Waals surface area contributed by atoms with Crippen LogP contribution in [0, 0.1) is 0 Å². The van der Waals surface area contributed by atoms with Crippen molar-refractivity contribution in [1.82, 2.24) is 0 Å². The van der Waals surface area contributed by atoms with Crippen molar-refractivity contribution in [3.63, 3.8) is 0 Å². The first-order chi connectivity index (χ1) is 5.89. The molecule has 0 rings (SSSR count). The standard InChI is InChI=1S/C8H18O4S/c1-4-8(9,5-2)7-13(10,11)12-6-3/h9H,4-7H2,1-3H3. The summed E-state index contributed by atoms with van der Waals surface area (Å²) in [5.74, 6) is -0.319. The van der Waals surface area contributed by atoms with Crippen LogP contribution in [0.15, 0.2) is 0 Å². The van der Waals surface area contributed by atoms with Crippen molar-refractivity contribution < 1.29 is 17.7 Å². The van der Waals surface area contributed by atoms with Crippen molar-refractivity contribution in [3.8, 4) is 0 Å². The molecule has 0 aliphatic rings. The van der Waals surface area contributed by atoms with Crippen molar-refractivity contribution in [2.24, 2.45) is 0 Å². The Kier molecular flexibility index (Phi) is 4.88. The Bertz CT molecular complexity index is 229. The lowest BCUT2D eigenvalue weighted by molar-refractivity contribution is 0.0530. The summed E-state index contributed by atoms with van der Waals surface area (Å²) >= 11 is 0. The third-order valence-corrected chi connectivity index (χ3v) is 3.54. The molecule has 0 aliphatic carbocycles. The van der Waals surface area contributed by atoms with E-state index in [9.17, 15) is 13.5 Å². The fourth-order valence-electron chi connectivity index (χ4n) is 1.00. The first-order valence-corrected chi connectivity index (χ1v) is 6.06. The van der Waals surface area contributed by atoms with E-state index in [0.29, 0.717) is 12.8 Å². The average Bonchev–Trinajstić information content (AvgIpc) is 2.03. The maximum absolute atomic E-state index is 11.2. The van der Waals surface area contributed by atoms with Gasteiger partial charge in [-0.05, 0) is 19.8 Å². The Balaban J connectivity index is 4.40. The first-order valence-electron chi connectivity index (χ1n) is 4.48.